The lowest BCUT2D eigenvalue weighted by molar-refractivity contribution is -0.136. The molecule has 0 atom stereocenters. The Morgan fingerprint density at radius 3 is 2.55 bits per heavy atom. The number of hydrogen-bond donors (Lipinski definition) is 3. The van der Waals surface area contributed by atoms with Crippen molar-refractivity contribution in [2.45, 2.75) is 13.3 Å². The van der Waals surface area contributed by atoms with Crippen LogP contribution < -0.4 is 10.6 Å². The fraction of sp³-hybridized carbons (Fsp3) is 0.308. The Kier molecular flexibility index (Phi) is 5.52. The summed E-state index contributed by atoms with van der Waals surface area (Å²) in [5.74, 6) is -1.43. The number of esters is 1. The maximum Gasteiger partial charge on any atom is 0.338 e. The van der Waals surface area contributed by atoms with E-state index in [2.05, 4.69) is 15.4 Å². The second kappa shape index (κ2) is 7.13. The van der Waals surface area contributed by atoms with Crippen molar-refractivity contribution in [1.29, 1.82) is 0 Å². The number of hydrogen-bond acceptors (Lipinski definition) is 4. The monoisotopic (exact) mass is 280 g/mol. The Hall–Kier alpha value is -2.57. The minimum atomic E-state index is -0.983. The van der Waals surface area contributed by atoms with Crippen molar-refractivity contribution in [3.63, 3.8) is 0 Å². The zero-order chi connectivity index (χ0) is 15.1. The molecule has 0 fully saturated rings. The molecule has 7 heteroatoms. The molecule has 20 heavy (non-hydrogen) atoms. The van der Waals surface area contributed by atoms with Gasteiger partial charge in [0.15, 0.2) is 0 Å². The molecule has 1 rings (SSSR count). The van der Waals surface area contributed by atoms with E-state index in [-0.39, 0.29) is 13.0 Å². The van der Waals surface area contributed by atoms with E-state index in [9.17, 15) is 14.4 Å². The number of aryl methyl sites for hydroxylation is 1. The first-order valence-corrected chi connectivity index (χ1v) is 5.89. The summed E-state index contributed by atoms with van der Waals surface area (Å²) in [5.41, 5.74) is 1.59. The van der Waals surface area contributed by atoms with E-state index in [1.54, 1.807) is 25.1 Å². The number of methoxy groups -OCH3 is 1. The average Bonchev–Trinajstić information content (AvgIpc) is 2.37. The molecular weight excluding hydrogens is 264 g/mol. The highest BCUT2D eigenvalue weighted by atomic mass is 16.5. The van der Waals surface area contributed by atoms with Gasteiger partial charge >= 0.3 is 18.0 Å². The van der Waals surface area contributed by atoms with Crippen LogP contribution in [0.4, 0.5) is 10.5 Å². The van der Waals surface area contributed by atoms with Crippen molar-refractivity contribution in [2.24, 2.45) is 0 Å². The quantitative estimate of drug-likeness (QED) is 0.707. The van der Waals surface area contributed by atoms with Crippen LogP contribution in [0.15, 0.2) is 18.2 Å². The molecule has 0 saturated heterocycles. The topological polar surface area (TPSA) is 105 Å². The van der Waals surface area contributed by atoms with E-state index in [1.165, 1.54) is 7.11 Å². The number of carbonyl (C=O) groups excluding carboxylic acids is 2. The highest BCUT2D eigenvalue weighted by Gasteiger charge is 2.10. The van der Waals surface area contributed by atoms with Gasteiger partial charge in [0.2, 0.25) is 0 Å². The fourth-order valence-electron chi connectivity index (χ4n) is 1.54. The molecule has 0 radical (unpaired) electrons. The van der Waals surface area contributed by atoms with Crippen LogP contribution in [0.2, 0.25) is 0 Å². The first-order valence-electron chi connectivity index (χ1n) is 5.89. The van der Waals surface area contributed by atoms with Crippen molar-refractivity contribution in [1.82, 2.24) is 5.32 Å². The van der Waals surface area contributed by atoms with Crippen LogP contribution in [-0.2, 0) is 9.53 Å². The summed E-state index contributed by atoms with van der Waals surface area (Å²) in [5, 5.41) is 13.4. The molecule has 0 aliphatic carbocycles. The predicted molar refractivity (Wildman–Crippen MR) is 71.8 cm³/mol. The largest absolute Gasteiger partial charge is 0.481 e. The fourth-order valence-corrected chi connectivity index (χ4v) is 1.54. The number of aliphatic carboxylic acids is 1. The van der Waals surface area contributed by atoms with Crippen molar-refractivity contribution >= 4 is 23.7 Å². The lowest BCUT2D eigenvalue weighted by Crippen LogP contribution is -2.30. The molecule has 1 aromatic carbocycles. The molecule has 3 N–H and O–H groups in total. The molecule has 0 aliphatic rings. The number of carboxylic acids is 1. The van der Waals surface area contributed by atoms with Gasteiger partial charge in [-0.15, -0.1) is 0 Å². The van der Waals surface area contributed by atoms with E-state index in [4.69, 9.17) is 5.11 Å². The SMILES string of the molecule is COC(=O)c1ccc(NC(=O)NCCC(=O)O)cc1C. The van der Waals surface area contributed by atoms with Gasteiger partial charge in [0.05, 0.1) is 19.1 Å². The van der Waals surface area contributed by atoms with Crippen LogP contribution in [0.25, 0.3) is 0 Å². The molecule has 0 saturated carbocycles. The molecule has 0 heterocycles. The number of nitrogens with one attached hydrogen (secondary N) is 2. The Morgan fingerprint density at radius 2 is 2.00 bits per heavy atom. The standard InChI is InChI=1S/C13H16N2O5/c1-8-7-9(3-4-10(8)12(18)20-2)15-13(19)14-6-5-11(16)17/h3-4,7H,5-6H2,1-2H3,(H,16,17)(H2,14,15,19). The van der Waals surface area contributed by atoms with E-state index in [1.807, 2.05) is 0 Å². The summed E-state index contributed by atoms with van der Waals surface area (Å²) in [6.07, 6.45) is -0.145. The first-order chi connectivity index (χ1) is 9.43. The number of carboxylic acid groups (broad SMARTS) is 1. The van der Waals surface area contributed by atoms with Gasteiger partial charge in [-0.1, -0.05) is 0 Å². The summed E-state index contributed by atoms with van der Waals surface area (Å²) < 4.78 is 4.62. The third-order valence-corrected chi connectivity index (χ3v) is 2.51. The van der Waals surface area contributed by atoms with Gasteiger partial charge in [-0.05, 0) is 30.7 Å². The highest BCUT2D eigenvalue weighted by Crippen LogP contribution is 2.15. The lowest BCUT2D eigenvalue weighted by Gasteiger charge is -2.09. The first kappa shape index (κ1) is 15.5. The number of urea groups is 1. The zero-order valence-electron chi connectivity index (χ0n) is 11.2. The Bertz CT molecular complexity index is 527. The third-order valence-electron chi connectivity index (χ3n) is 2.51. The smallest absolute Gasteiger partial charge is 0.338 e. The Balaban J connectivity index is 2.60. The number of benzene rings is 1. The summed E-state index contributed by atoms with van der Waals surface area (Å²) in [6.45, 7) is 1.76. The number of anilines is 1. The summed E-state index contributed by atoms with van der Waals surface area (Å²) >= 11 is 0. The van der Waals surface area contributed by atoms with Crippen LogP contribution >= 0.6 is 0 Å². The Labute approximate surface area is 115 Å². The van der Waals surface area contributed by atoms with Crippen LogP contribution in [0.5, 0.6) is 0 Å². The minimum Gasteiger partial charge on any atom is -0.481 e. The van der Waals surface area contributed by atoms with Crippen LogP contribution in [0.3, 0.4) is 0 Å². The highest BCUT2D eigenvalue weighted by molar-refractivity contribution is 5.93. The van der Waals surface area contributed by atoms with Crippen LogP contribution in [0.1, 0.15) is 22.3 Å². The molecule has 0 aromatic heterocycles. The number of amides is 2. The van der Waals surface area contributed by atoms with Gasteiger partial charge in [-0.2, -0.15) is 0 Å². The van der Waals surface area contributed by atoms with Crippen molar-refractivity contribution in [3.8, 4) is 0 Å². The Morgan fingerprint density at radius 1 is 1.30 bits per heavy atom. The van der Waals surface area contributed by atoms with E-state index in [0.29, 0.717) is 16.8 Å². The molecule has 108 valence electrons. The molecule has 0 spiro atoms. The molecule has 2 amide bonds. The van der Waals surface area contributed by atoms with E-state index < -0.39 is 18.0 Å². The van der Waals surface area contributed by atoms with Gasteiger partial charge < -0.3 is 20.5 Å². The number of ether oxygens (including phenoxy) is 1. The van der Waals surface area contributed by atoms with Gasteiger partial charge in [-0.3, -0.25) is 4.79 Å². The number of carbonyl (C=O) groups is 3. The van der Waals surface area contributed by atoms with Crippen LogP contribution in [0, 0.1) is 6.92 Å². The molecular formula is C13H16N2O5. The van der Waals surface area contributed by atoms with Crippen molar-refractivity contribution < 1.29 is 24.2 Å². The van der Waals surface area contributed by atoms with Crippen LogP contribution in [-0.4, -0.2) is 36.7 Å². The van der Waals surface area contributed by atoms with Crippen molar-refractivity contribution in [2.75, 3.05) is 19.0 Å². The second-order valence-corrected chi connectivity index (χ2v) is 4.05. The predicted octanol–water partition coefficient (Wildman–Crippen LogP) is 1.38. The van der Waals surface area contributed by atoms with Gasteiger partial charge in [0.1, 0.15) is 0 Å². The van der Waals surface area contributed by atoms with Gasteiger partial charge in [0.25, 0.3) is 0 Å². The van der Waals surface area contributed by atoms with Gasteiger partial charge in [0, 0.05) is 12.2 Å². The van der Waals surface area contributed by atoms with E-state index >= 15 is 0 Å². The molecule has 0 bridgehead atoms. The number of rotatable bonds is 5. The summed E-state index contributed by atoms with van der Waals surface area (Å²) in [6, 6.07) is 4.24. The molecule has 7 nitrogen and oxygen atoms in total. The zero-order valence-corrected chi connectivity index (χ0v) is 11.2. The average molecular weight is 280 g/mol. The maximum atomic E-state index is 11.5. The van der Waals surface area contributed by atoms with Gasteiger partial charge in [-0.25, -0.2) is 9.59 Å². The third kappa shape index (κ3) is 4.60. The lowest BCUT2D eigenvalue weighted by atomic mass is 10.1. The van der Waals surface area contributed by atoms with Crippen molar-refractivity contribution in [3.05, 3.63) is 29.3 Å². The molecule has 0 aliphatic heterocycles. The summed E-state index contributed by atoms with van der Waals surface area (Å²) in [7, 11) is 1.30. The normalized spacial score (nSPS) is 9.70. The maximum absolute atomic E-state index is 11.5. The molecule has 0 unspecified atom stereocenters. The minimum absolute atomic E-state index is 0.0421. The molecule has 1 aromatic rings. The van der Waals surface area contributed by atoms with E-state index in [0.717, 1.165) is 0 Å². The summed E-state index contributed by atoms with van der Waals surface area (Å²) in [4.78, 5) is 33.2. The second-order valence-electron chi connectivity index (χ2n) is 4.05.